The van der Waals surface area contributed by atoms with E-state index in [0.29, 0.717) is 10.6 Å². The van der Waals surface area contributed by atoms with Crippen LogP contribution in [0.3, 0.4) is 0 Å². The van der Waals surface area contributed by atoms with Crippen molar-refractivity contribution >= 4 is 33.8 Å². The van der Waals surface area contributed by atoms with E-state index in [0.717, 1.165) is 36.1 Å². The Morgan fingerprint density at radius 3 is 2.58 bits per heavy atom. The van der Waals surface area contributed by atoms with E-state index in [-0.39, 0.29) is 17.7 Å². The van der Waals surface area contributed by atoms with E-state index in [2.05, 4.69) is 10.6 Å². The van der Waals surface area contributed by atoms with Crippen LogP contribution in [0.2, 0.25) is 0 Å². The van der Waals surface area contributed by atoms with Gasteiger partial charge in [-0.15, -0.1) is 11.3 Å². The third-order valence-corrected chi connectivity index (χ3v) is 5.51. The number of benzene rings is 1. The Morgan fingerprint density at radius 1 is 1.12 bits per heavy atom. The van der Waals surface area contributed by atoms with Crippen LogP contribution in [0.25, 0.3) is 0 Å². The molecule has 2 amide bonds. The zero-order valence-corrected chi connectivity index (χ0v) is 15.0. The average Bonchev–Trinajstić information content (AvgIpc) is 3.09. The van der Waals surface area contributed by atoms with E-state index in [1.165, 1.54) is 4.88 Å². The molecule has 4 nitrogen and oxygen atoms in total. The van der Waals surface area contributed by atoms with Crippen molar-refractivity contribution in [1.29, 1.82) is 0 Å². The SMILES string of the molecule is Cc1ccccc1NC(=O)c1c(NC(=O)C(C)C)sc2c1CCC2. The van der Waals surface area contributed by atoms with Crippen LogP contribution in [0.1, 0.15) is 46.6 Å². The first-order valence-electron chi connectivity index (χ1n) is 8.29. The van der Waals surface area contributed by atoms with E-state index in [9.17, 15) is 9.59 Å². The maximum atomic E-state index is 12.9. The zero-order chi connectivity index (χ0) is 17.3. The number of carbonyl (C=O) groups is 2. The van der Waals surface area contributed by atoms with Gasteiger partial charge in [0, 0.05) is 16.5 Å². The summed E-state index contributed by atoms with van der Waals surface area (Å²) in [5.41, 5.74) is 3.57. The van der Waals surface area contributed by atoms with Gasteiger partial charge in [-0.05, 0) is 43.4 Å². The van der Waals surface area contributed by atoms with Gasteiger partial charge >= 0.3 is 0 Å². The van der Waals surface area contributed by atoms with Gasteiger partial charge in [0.25, 0.3) is 5.91 Å². The Kier molecular flexibility index (Phi) is 4.71. The molecule has 24 heavy (non-hydrogen) atoms. The molecule has 0 saturated heterocycles. The van der Waals surface area contributed by atoms with E-state index >= 15 is 0 Å². The van der Waals surface area contributed by atoms with Crippen LogP contribution in [0.4, 0.5) is 10.7 Å². The highest BCUT2D eigenvalue weighted by molar-refractivity contribution is 7.17. The fourth-order valence-corrected chi connectivity index (χ4v) is 4.18. The van der Waals surface area contributed by atoms with Crippen molar-refractivity contribution in [3.05, 3.63) is 45.8 Å². The number of hydrogen-bond donors (Lipinski definition) is 2. The summed E-state index contributed by atoms with van der Waals surface area (Å²) in [5.74, 6) is -0.308. The summed E-state index contributed by atoms with van der Waals surface area (Å²) >= 11 is 1.54. The van der Waals surface area contributed by atoms with Gasteiger partial charge in [0.05, 0.1) is 5.56 Å². The van der Waals surface area contributed by atoms with Crippen molar-refractivity contribution in [2.75, 3.05) is 10.6 Å². The molecular formula is C19H22N2O2S. The average molecular weight is 342 g/mol. The van der Waals surface area contributed by atoms with Crippen LogP contribution in [0, 0.1) is 12.8 Å². The predicted molar refractivity (Wildman–Crippen MR) is 98.9 cm³/mol. The number of fused-ring (bicyclic) bond motifs is 1. The minimum Gasteiger partial charge on any atom is -0.322 e. The van der Waals surface area contributed by atoms with Crippen LogP contribution in [-0.4, -0.2) is 11.8 Å². The first kappa shape index (κ1) is 16.7. The third-order valence-electron chi connectivity index (χ3n) is 4.30. The number of anilines is 2. The second-order valence-electron chi connectivity index (χ2n) is 6.47. The lowest BCUT2D eigenvalue weighted by Gasteiger charge is -2.12. The van der Waals surface area contributed by atoms with Gasteiger partial charge in [-0.25, -0.2) is 0 Å². The molecule has 1 heterocycles. The van der Waals surface area contributed by atoms with Gasteiger partial charge in [-0.2, -0.15) is 0 Å². The number of amides is 2. The zero-order valence-electron chi connectivity index (χ0n) is 14.2. The van der Waals surface area contributed by atoms with Crippen LogP contribution < -0.4 is 10.6 Å². The maximum absolute atomic E-state index is 12.9. The molecule has 0 bridgehead atoms. The fourth-order valence-electron chi connectivity index (χ4n) is 2.89. The van der Waals surface area contributed by atoms with Gasteiger partial charge in [-0.3, -0.25) is 9.59 Å². The summed E-state index contributed by atoms with van der Waals surface area (Å²) in [6, 6.07) is 7.71. The number of carbonyl (C=O) groups excluding carboxylic acids is 2. The first-order chi connectivity index (χ1) is 11.5. The first-order valence-corrected chi connectivity index (χ1v) is 9.11. The van der Waals surface area contributed by atoms with Crippen molar-refractivity contribution in [2.45, 2.75) is 40.0 Å². The molecular weight excluding hydrogens is 320 g/mol. The second-order valence-corrected chi connectivity index (χ2v) is 7.58. The molecule has 1 aromatic heterocycles. The molecule has 5 heteroatoms. The second kappa shape index (κ2) is 6.77. The number of nitrogens with one attached hydrogen (secondary N) is 2. The van der Waals surface area contributed by atoms with Crippen LogP contribution >= 0.6 is 11.3 Å². The monoisotopic (exact) mass is 342 g/mol. The minimum atomic E-state index is -0.136. The van der Waals surface area contributed by atoms with Gasteiger partial charge in [-0.1, -0.05) is 32.0 Å². The van der Waals surface area contributed by atoms with Crippen molar-refractivity contribution in [1.82, 2.24) is 0 Å². The normalized spacial score (nSPS) is 13.0. The Hall–Kier alpha value is -2.14. The lowest BCUT2D eigenvalue weighted by Crippen LogP contribution is -2.21. The Balaban J connectivity index is 1.92. The standard InChI is InChI=1S/C19H22N2O2S/c1-11(2)17(22)21-19-16(13-8-6-10-15(13)24-19)18(23)20-14-9-5-4-7-12(14)3/h4-5,7,9,11H,6,8,10H2,1-3H3,(H,20,23)(H,21,22). The molecule has 0 aliphatic heterocycles. The summed E-state index contributed by atoms with van der Waals surface area (Å²) in [4.78, 5) is 26.2. The number of hydrogen-bond acceptors (Lipinski definition) is 3. The molecule has 0 radical (unpaired) electrons. The summed E-state index contributed by atoms with van der Waals surface area (Å²) in [6.45, 7) is 5.67. The van der Waals surface area contributed by atoms with Gasteiger partial charge < -0.3 is 10.6 Å². The molecule has 126 valence electrons. The van der Waals surface area contributed by atoms with Gasteiger partial charge in [0.15, 0.2) is 0 Å². The molecule has 1 aromatic carbocycles. The Morgan fingerprint density at radius 2 is 1.88 bits per heavy atom. The molecule has 2 N–H and O–H groups in total. The topological polar surface area (TPSA) is 58.2 Å². The van der Waals surface area contributed by atoms with Crippen LogP contribution in [0.15, 0.2) is 24.3 Å². The molecule has 0 unspecified atom stereocenters. The molecule has 0 spiro atoms. The van der Waals surface area contributed by atoms with Crippen molar-refractivity contribution < 1.29 is 9.59 Å². The molecule has 2 aromatic rings. The highest BCUT2D eigenvalue weighted by Crippen LogP contribution is 2.39. The quantitative estimate of drug-likeness (QED) is 0.865. The summed E-state index contributed by atoms with van der Waals surface area (Å²) < 4.78 is 0. The number of rotatable bonds is 4. The van der Waals surface area contributed by atoms with Gasteiger partial charge in [0.1, 0.15) is 5.00 Å². The van der Waals surface area contributed by atoms with Gasteiger partial charge in [0.2, 0.25) is 5.91 Å². The largest absolute Gasteiger partial charge is 0.322 e. The lowest BCUT2D eigenvalue weighted by atomic mass is 10.1. The fraction of sp³-hybridized carbons (Fsp3) is 0.368. The van der Waals surface area contributed by atoms with Crippen molar-refractivity contribution in [3.63, 3.8) is 0 Å². The Bertz CT molecular complexity index is 793. The van der Waals surface area contributed by atoms with E-state index in [4.69, 9.17) is 0 Å². The van der Waals surface area contributed by atoms with Crippen molar-refractivity contribution in [2.24, 2.45) is 5.92 Å². The lowest BCUT2D eigenvalue weighted by molar-refractivity contribution is -0.118. The number of para-hydroxylation sites is 1. The van der Waals surface area contributed by atoms with E-state index in [1.807, 2.05) is 45.0 Å². The molecule has 3 rings (SSSR count). The van der Waals surface area contributed by atoms with E-state index in [1.54, 1.807) is 11.3 Å². The maximum Gasteiger partial charge on any atom is 0.258 e. The smallest absolute Gasteiger partial charge is 0.258 e. The number of aryl methyl sites for hydroxylation is 2. The third kappa shape index (κ3) is 3.22. The molecule has 0 saturated carbocycles. The van der Waals surface area contributed by atoms with E-state index < -0.39 is 0 Å². The molecule has 1 aliphatic rings. The molecule has 0 fully saturated rings. The van der Waals surface area contributed by atoms with Crippen LogP contribution in [-0.2, 0) is 17.6 Å². The minimum absolute atomic E-state index is 0.0557. The summed E-state index contributed by atoms with van der Waals surface area (Å²) in [7, 11) is 0. The molecule has 1 aliphatic carbocycles. The number of thiophene rings is 1. The highest BCUT2D eigenvalue weighted by atomic mass is 32.1. The summed E-state index contributed by atoms with van der Waals surface area (Å²) in [5, 5.41) is 6.63. The van der Waals surface area contributed by atoms with Crippen molar-refractivity contribution in [3.8, 4) is 0 Å². The Labute approximate surface area is 146 Å². The highest BCUT2D eigenvalue weighted by Gasteiger charge is 2.28. The van der Waals surface area contributed by atoms with Crippen LogP contribution in [0.5, 0.6) is 0 Å². The predicted octanol–water partition coefficient (Wildman–Crippen LogP) is 4.39. The molecule has 0 atom stereocenters. The summed E-state index contributed by atoms with van der Waals surface area (Å²) in [6.07, 6.45) is 2.96.